The third kappa shape index (κ3) is 1.76. The van der Waals surface area contributed by atoms with Crippen molar-refractivity contribution in [2.24, 2.45) is 0 Å². The molecule has 0 aromatic carbocycles. The third-order valence-corrected chi connectivity index (χ3v) is 1.76. The van der Waals surface area contributed by atoms with Gasteiger partial charge in [-0.2, -0.15) is 5.26 Å². The number of nitriles is 1. The van der Waals surface area contributed by atoms with Crippen molar-refractivity contribution in [2.75, 3.05) is 13.2 Å². The van der Waals surface area contributed by atoms with Crippen LogP contribution in [-0.2, 0) is 4.74 Å². The molecular formula is C9H8N2O2. The molecule has 1 saturated heterocycles. The second-order valence-electron chi connectivity index (χ2n) is 2.77. The van der Waals surface area contributed by atoms with Crippen molar-refractivity contribution in [1.82, 2.24) is 4.98 Å². The quantitative estimate of drug-likeness (QED) is 0.666. The molecule has 66 valence electrons. The number of pyridine rings is 1. The van der Waals surface area contributed by atoms with Crippen LogP contribution in [0.4, 0.5) is 0 Å². The van der Waals surface area contributed by atoms with Crippen LogP contribution < -0.4 is 4.74 Å². The van der Waals surface area contributed by atoms with E-state index in [0.29, 0.717) is 24.7 Å². The predicted octanol–water partition coefficient (Wildman–Crippen LogP) is 0.731. The molecule has 4 nitrogen and oxygen atoms in total. The summed E-state index contributed by atoms with van der Waals surface area (Å²) < 4.78 is 10.4. The molecule has 2 rings (SSSR count). The van der Waals surface area contributed by atoms with Crippen LogP contribution in [0, 0.1) is 11.3 Å². The van der Waals surface area contributed by atoms with E-state index in [-0.39, 0.29) is 6.10 Å². The lowest BCUT2D eigenvalue weighted by molar-refractivity contribution is -0.0813. The van der Waals surface area contributed by atoms with Crippen LogP contribution in [0.2, 0.25) is 0 Å². The van der Waals surface area contributed by atoms with Gasteiger partial charge in [-0.3, -0.25) is 0 Å². The molecule has 0 unspecified atom stereocenters. The molecule has 0 saturated carbocycles. The maximum absolute atomic E-state index is 8.61. The summed E-state index contributed by atoms with van der Waals surface area (Å²) in [5.41, 5.74) is 0.560. The van der Waals surface area contributed by atoms with Gasteiger partial charge in [-0.1, -0.05) is 0 Å². The highest BCUT2D eigenvalue weighted by Crippen LogP contribution is 2.13. The normalized spacial score (nSPS) is 15.9. The zero-order valence-corrected chi connectivity index (χ0v) is 6.93. The summed E-state index contributed by atoms with van der Waals surface area (Å²) in [5, 5.41) is 8.61. The molecular weight excluding hydrogens is 168 g/mol. The Labute approximate surface area is 75.7 Å². The van der Waals surface area contributed by atoms with Gasteiger partial charge in [0.05, 0.1) is 24.8 Å². The lowest BCUT2D eigenvalue weighted by Crippen LogP contribution is -2.38. The van der Waals surface area contributed by atoms with Crippen LogP contribution >= 0.6 is 0 Å². The van der Waals surface area contributed by atoms with Crippen molar-refractivity contribution in [2.45, 2.75) is 6.10 Å². The van der Waals surface area contributed by atoms with Gasteiger partial charge in [0.2, 0.25) is 5.88 Å². The van der Waals surface area contributed by atoms with Gasteiger partial charge in [-0.25, -0.2) is 4.98 Å². The van der Waals surface area contributed by atoms with Crippen LogP contribution in [0.3, 0.4) is 0 Å². The van der Waals surface area contributed by atoms with Gasteiger partial charge >= 0.3 is 0 Å². The maximum Gasteiger partial charge on any atom is 0.214 e. The minimum absolute atomic E-state index is 0.0986. The van der Waals surface area contributed by atoms with Gasteiger partial charge in [0, 0.05) is 12.3 Å². The second-order valence-corrected chi connectivity index (χ2v) is 2.77. The Balaban J connectivity index is 2.07. The first-order chi connectivity index (χ1) is 6.38. The Morgan fingerprint density at radius 3 is 3.08 bits per heavy atom. The van der Waals surface area contributed by atoms with Crippen LogP contribution in [0.1, 0.15) is 5.56 Å². The van der Waals surface area contributed by atoms with Crippen molar-refractivity contribution in [1.29, 1.82) is 5.26 Å². The Bertz CT molecular complexity index is 342. The van der Waals surface area contributed by atoms with E-state index in [1.165, 1.54) is 0 Å². The molecule has 0 N–H and O–H groups in total. The van der Waals surface area contributed by atoms with Crippen LogP contribution in [0.5, 0.6) is 5.88 Å². The summed E-state index contributed by atoms with van der Waals surface area (Å²) in [4.78, 5) is 3.98. The second kappa shape index (κ2) is 3.42. The largest absolute Gasteiger partial charge is 0.469 e. The number of rotatable bonds is 2. The van der Waals surface area contributed by atoms with E-state index in [1.807, 2.05) is 6.07 Å². The zero-order chi connectivity index (χ0) is 9.10. The molecule has 4 heteroatoms. The fourth-order valence-electron chi connectivity index (χ4n) is 0.996. The molecule has 13 heavy (non-hydrogen) atoms. The molecule has 1 fully saturated rings. The summed E-state index contributed by atoms with van der Waals surface area (Å²) in [7, 11) is 0. The smallest absolute Gasteiger partial charge is 0.214 e. The Morgan fingerprint density at radius 2 is 2.46 bits per heavy atom. The molecule has 0 amide bonds. The van der Waals surface area contributed by atoms with Gasteiger partial charge in [0.15, 0.2) is 0 Å². The number of ether oxygens (including phenoxy) is 2. The van der Waals surface area contributed by atoms with Crippen LogP contribution in [0.15, 0.2) is 18.3 Å². The van der Waals surface area contributed by atoms with E-state index in [9.17, 15) is 0 Å². The fraction of sp³-hybridized carbons (Fsp3) is 0.333. The van der Waals surface area contributed by atoms with Gasteiger partial charge in [-0.05, 0) is 6.07 Å². The molecule has 1 aromatic heterocycles. The van der Waals surface area contributed by atoms with Crippen molar-refractivity contribution in [3.05, 3.63) is 23.9 Å². The molecule has 1 aliphatic rings. The van der Waals surface area contributed by atoms with Gasteiger partial charge in [0.25, 0.3) is 0 Å². The number of nitrogens with zero attached hydrogens (tertiary/aromatic N) is 2. The molecule has 0 bridgehead atoms. The van der Waals surface area contributed by atoms with Crippen molar-refractivity contribution >= 4 is 0 Å². The summed E-state index contributed by atoms with van der Waals surface area (Å²) in [6.45, 7) is 1.22. The zero-order valence-electron chi connectivity index (χ0n) is 6.93. The SMILES string of the molecule is N#Cc1ccnc(OC2COC2)c1. The number of hydrogen-bond acceptors (Lipinski definition) is 4. The Morgan fingerprint density at radius 1 is 1.62 bits per heavy atom. The van der Waals surface area contributed by atoms with E-state index in [0.717, 1.165) is 0 Å². The van der Waals surface area contributed by atoms with E-state index in [2.05, 4.69) is 4.98 Å². The molecule has 0 aliphatic carbocycles. The number of hydrogen-bond donors (Lipinski definition) is 0. The van der Waals surface area contributed by atoms with Crippen LogP contribution in [0.25, 0.3) is 0 Å². The standard InChI is InChI=1S/C9H8N2O2/c10-4-7-1-2-11-9(3-7)13-8-5-12-6-8/h1-3,8H,5-6H2. The molecule has 0 spiro atoms. The maximum atomic E-state index is 8.61. The summed E-state index contributed by atoms with van der Waals surface area (Å²) in [6.07, 6.45) is 1.66. The van der Waals surface area contributed by atoms with E-state index < -0.39 is 0 Å². The summed E-state index contributed by atoms with van der Waals surface area (Å²) >= 11 is 0. The highest BCUT2D eigenvalue weighted by molar-refractivity contribution is 5.31. The molecule has 0 atom stereocenters. The molecule has 1 aliphatic heterocycles. The summed E-state index contributed by atoms with van der Waals surface area (Å²) in [6, 6.07) is 5.29. The van der Waals surface area contributed by atoms with Gasteiger partial charge in [-0.15, -0.1) is 0 Å². The lowest BCUT2D eigenvalue weighted by Gasteiger charge is -2.25. The Hall–Kier alpha value is -1.60. The predicted molar refractivity (Wildman–Crippen MR) is 44.2 cm³/mol. The van der Waals surface area contributed by atoms with Gasteiger partial charge < -0.3 is 9.47 Å². The topological polar surface area (TPSA) is 55.1 Å². The van der Waals surface area contributed by atoms with Crippen molar-refractivity contribution in [3.8, 4) is 11.9 Å². The third-order valence-electron chi connectivity index (χ3n) is 1.76. The fourth-order valence-corrected chi connectivity index (χ4v) is 0.996. The molecule has 2 heterocycles. The van der Waals surface area contributed by atoms with Gasteiger partial charge in [0.1, 0.15) is 6.10 Å². The highest BCUT2D eigenvalue weighted by Gasteiger charge is 2.20. The monoisotopic (exact) mass is 176 g/mol. The molecule has 1 aromatic rings. The summed E-state index contributed by atoms with van der Waals surface area (Å²) in [5.74, 6) is 0.493. The van der Waals surface area contributed by atoms with Crippen molar-refractivity contribution < 1.29 is 9.47 Å². The minimum atomic E-state index is 0.0986. The highest BCUT2D eigenvalue weighted by atomic mass is 16.6. The average Bonchev–Trinajstić information content (AvgIpc) is 2.12. The van der Waals surface area contributed by atoms with Crippen molar-refractivity contribution in [3.63, 3.8) is 0 Å². The first-order valence-electron chi connectivity index (χ1n) is 3.99. The average molecular weight is 176 g/mol. The van der Waals surface area contributed by atoms with E-state index >= 15 is 0 Å². The lowest BCUT2D eigenvalue weighted by atomic mass is 10.3. The molecule has 0 radical (unpaired) electrons. The number of aromatic nitrogens is 1. The van der Waals surface area contributed by atoms with E-state index in [1.54, 1.807) is 18.3 Å². The Kier molecular flexibility index (Phi) is 2.11. The van der Waals surface area contributed by atoms with E-state index in [4.69, 9.17) is 14.7 Å². The van der Waals surface area contributed by atoms with Crippen LogP contribution in [-0.4, -0.2) is 24.3 Å². The first-order valence-corrected chi connectivity index (χ1v) is 3.99. The first kappa shape index (κ1) is 8.02. The minimum Gasteiger partial charge on any atom is -0.469 e.